The minimum Gasteiger partial charge on any atom is -0.336 e. The summed E-state index contributed by atoms with van der Waals surface area (Å²) < 4.78 is 5.83. The Hall–Kier alpha value is 0.310. The first-order valence-electron chi connectivity index (χ1n) is 4.14. The third kappa shape index (κ3) is 0.817. The highest BCUT2D eigenvalue weighted by molar-refractivity contribution is 8.30. The zero-order chi connectivity index (χ0) is 7.19. The quantitative estimate of drug-likeness (QED) is 0.571. The number of fused-ring (bicyclic) bond motifs is 2. The molecule has 0 aromatic carbocycles. The zero-order valence-corrected chi connectivity index (χ0v) is 7.62. The van der Waals surface area contributed by atoms with E-state index in [1.54, 1.807) is 0 Å². The summed E-state index contributed by atoms with van der Waals surface area (Å²) in [7, 11) is -0.558. The van der Waals surface area contributed by atoms with Crippen molar-refractivity contribution in [3.63, 3.8) is 0 Å². The molecule has 2 saturated heterocycles. The fourth-order valence-corrected chi connectivity index (χ4v) is 5.90. The number of hydrogen-bond donors (Lipinski definition) is 0. The maximum atomic E-state index is 5.83. The smallest absolute Gasteiger partial charge is 0.0629 e. The fraction of sp³-hybridized carbons (Fsp3) is 1.00. The molecule has 0 amide bonds. The van der Waals surface area contributed by atoms with Gasteiger partial charge < -0.3 is 4.18 Å². The highest BCUT2D eigenvalue weighted by Crippen LogP contribution is 2.64. The van der Waals surface area contributed by atoms with Gasteiger partial charge in [-0.2, -0.15) is 0 Å². The third-order valence-electron chi connectivity index (χ3n) is 2.90. The Morgan fingerprint density at radius 2 is 2.40 bits per heavy atom. The van der Waals surface area contributed by atoms with Crippen LogP contribution in [0.1, 0.15) is 19.8 Å². The minimum atomic E-state index is -0.558. The van der Waals surface area contributed by atoms with Gasteiger partial charge >= 0.3 is 0 Å². The second kappa shape index (κ2) is 2.15. The molecule has 0 N–H and O–H groups in total. The lowest BCUT2D eigenvalue weighted by Crippen LogP contribution is -2.17. The molecule has 0 spiro atoms. The summed E-state index contributed by atoms with van der Waals surface area (Å²) in [6.45, 7) is 3.37. The van der Waals surface area contributed by atoms with Gasteiger partial charge in [-0.25, -0.2) is 0 Å². The van der Waals surface area contributed by atoms with E-state index in [1.807, 2.05) is 0 Å². The van der Waals surface area contributed by atoms with E-state index in [4.69, 9.17) is 4.18 Å². The van der Waals surface area contributed by atoms with Crippen molar-refractivity contribution in [2.24, 2.45) is 5.92 Å². The van der Waals surface area contributed by atoms with E-state index in [9.17, 15) is 0 Å². The Bertz CT molecular complexity index is 148. The summed E-state index contributed by atoms with van der Waals surface area (Å²) in [6.07, 6.45) is 5.17. The Morgan fingerprint density at radius 1 is 1.60 bits per heavy atom. The van der Waals surface area contributed by atoms with Gasteiger partial charge in [0.1, 0.15) is 0 Å². The Labute approximate surface area is 64.7 Å². The molecule has 1 nitrogen and oxygen atoms in total. The van der Waals surface area contributed by atoms with Crippen LogP contribution in [0, 0.1) is 5.92 Å². The van der Waals surface area contributed by atoms with Crippen LogP contribution in [0.5, 0.6) is 0 Å². The van der Waals surface area contributed by atoms with E-state index in [-0.39, 0.29) is 0 Å². The van der Waals surface area contributed by atoms with Gasteiger partial charge in [-0.05, 0) is 25.0 Å². The molecule has 2 rings (SSSR count). The van der Waals surface area contributed by atoms with Crippen molar-refractivity contribution in [3.05, 3.63) is 0 Å². The van der Waals surface area contributed by atoms with E-state index >= 15 is 0 Å². The normalized spacial score (nSPS) is 58.6. The lowest BCUT2D eigenvalue weighted by atomic mass is 10.1. The molecule has 2 heteroatoms. The lowest BCUT2D eigenvalue weighted by molar-refractivity contribution is 0.295. The highest BCUT2D eigenvalue weighted by Gasteiger charge is 2.45. The third-order valence-corrected chi connectivity index (χ3v) is 6.64. The van der Waals surface area contributed by atoms with E-state index in [2.05, 4.69) is 13.2 Å². The van der Waals surface area contributed by atoms with Gasteiger partial charge in [0.05, 0.1) is 6.61 Å². The highest BCUT2D eigenvalue weighted by atomic mass is 32.3. The van der Waals surface area contributed by atoms with Crippen LogP contribution in [-0.4, -0.2) is 23.9 Å². The average Bonchev–Trinajstić information content (AvgIpc) is 2.41. The summed E-state index contributed by atoms with van der Waals surface area (Å²) in [6, 6.07) is 0. The predicted octanol–water partition coefficient (Wildman–Crippen LogP) is 2.16. The summed E-state index contributed by atoms with van der Waals surface area (Å²) in [4.78, 5) is 0. The van der Waals surface area contributed by atoms with Crippen molar-refractivity contribution in [3.8, 4) is 0 Å². The van der Waals surface area contributed by atoms with Crippen molar-refractivity contribution < 1.29 is 4.18 Å². The molecule has 0 aromatic rings. The van der Waals surface area contributed by atoms with Crippen LogP contribution < -0.4 is 0 Å². The van der Waals surface area contributed by atoms with Crippen LogP contribution in [0.3, 0.4) is 0 Å². The van der Waals surface area contributed by atoms with Gasteiger partial charge in [0.25, 0.3) is 0 Å². The molecule has 60 valence electrons. The molecule has 0 radical (unpaired) electrons. The predicted molar refractivity (Wildman–Crippen MR) is 46.5 cm³/mol. The summed E-state index contributed by atoms with van der Waals surface area (Å²) in [5.41, 5.74) is 0. The number of hydrogen-bond acceptors (Lipinski definition) is 1. The first-order valence-corrected chi connectivity index (χ1v) is 6.33. The maximum Gasteiger partial charge on any atom is 0.0629 e. The second-order valence-electron chi connectivity index (χ2n) is 3.65. The Morgan fingerprint density at radius 3 is 2.70 bits per heavy atom. The van der Waals surface area contributed by atoms with Crippen molar-refractivity contribution in [2.45, 2.75) is 25.0 Å². The van der Waals surface area contributed by atoms with Crippen LogP contribution in [-0.2, 0) is 4.18 Å². The van der Waals surface area contributed by atoms with E-state index in [0.29, 0.717) is 0 Å². The van der Waals surface area contributed by atoms with Crippen LogP contribution in [0.4, 0.5) is 0 Å². The van der Waals surface area contributed by atoms with Crippen molar-refractivity contribution in [1.29, 1.82) is 0 Å². The van der Waals surface area contributed by atoms with Crippen molar-refractivity contribution in [2.75, 3.05) is 18.6 Å². The van der Waals surface area contributed by atoms with Gasteiger partial charge in [0.15, 0.2) is 0 Å². The average molecular weight is 160 g/mol. The molecule has 2 fully saturated rings. The van der Waals surface area contributed by atoms with Crippen LogP contribution in [0.25, 0.3) is 0 Å². The van der Waals surface area contributed by atoms with Crippen LogP contribution in [0.2, 0.25) is 0 Å². The topological polar surface area (TPSA) is 9.23 Å². The summed E-state index contributed by atoms with van der Waals surface area (Å²) >= 11 is 0. The molecule has 0 aromatic heterocycles. The first-order chi connectivity index (χ1) is 4.74. The molecule has 3 unspecified atom stereocenters. The maximum absolute atomic E-state index is 5.83. The van der Waals surface area contributed by atoms with E-state index in [1.165, 1.54) is 18.6 Å². The summed E-state index contributed by atoms with van der Waals surface area (Å²) in [5.74, 6) is 2.34. The molecular weight excluding hydrogens is 144 g/mol. The van der Waals surface area contributed by atoms with Crippen molar-refractivity contribution in [1.82, 2.24) is 0 Å². The molecule has 0 saturated carbocycles. The van der Waals surface area contributed by atoms with Gasteiger partial charge in [0.2, 0.25) is 0 Å². The molecule has 2 aliphatic rings. The largest absolute Gasteiger partial charge is 0.336 e. The fourth-order valence-electron chi connectivity index (χ4n) is 2.28. The van der Waals surface area contributed by atoms with Gasteiger partial charge in [0, 0.05) is 11.0 Å². The van der Waals surface area contributed by atoms with Gasteiger partial charge in [-0.15, -0.1) is 10.3 Å². The first kappa shape index (κ1) is 6.99. The number of rotatable bonds is 1. The van der Waals surface area contributed by atoms with E-state index < -0.39 is 10.3 Å². The standard InChI is InChI=1S/C8H16OS/c1-3-8-4-7-5-9-10(8,2)6-7/h7-8H,3-6H2,1-2H3. The Balaban J connectivity index is 2.14. The monoisotopic (exact) mass is 160 g/mol. The molecule has 2 heterocycles. The molecule has 2 aliphatic heterocycles. The second-order valence-corrected chi connectivity index (χ2v) is 7.03. The van der Waals surface area contributed by atoms with E-state index in [0.717, 1.165) is 17.8 Å². The lowest BCUT2D eigenvalue weighted by Gasteiger charge is -2.35. The van der Waals surface area contributed by atoms with Crippen LogP contribution >= 0.6 is 10.3 Å². The zero-order valence-electron chi connectivity index (χ0n) is 6.80. The minimum absolute atomic E-state index is 0.558. The molecule has 10 heavy (non-hydrogen) atoms. The molecule has 3 atom stereocenters. The van der Waals surface area contributed by atoms with Crippen LogP contribution in [0.15, 0.2) is 0 Å². The summed E-state index contributed by atoms with van der Waals surface area (Å²) in [5, 5.41) is 0.936. The molecule has 0 aliphatic carbocycles. The SMILES string of the molecule is CCC1CC2COS1(C)C2. The molecule has 2 bridgehead atoms. The Kier molecular flexibility index (Phi) is 1.50. The van der Waals surface area contributed by atoms with Crippen molar-refractivity contribution >= 4 is 10.3 Å². The van der Waals surface area contributed by atoms with Gasteiger partial charge in [-0.1, -0.05) is 6.92 Å². The molecular formula is C8H16OS. The van der Waals surface area contributed by atoms with Gasteiger partial charge in [-0.3, -0.25) is 0 Å².